The summed E-state index contributed by atoms with van der Waals surface area (Å²) in [7, 11) is 0. The van der Waals surface area contributed by atoms with Crippen molar-refractivity contribution >= 4 is 17.8 Å². The Balaban J connectivity index is 2.66. The fourth-order valence-corrected chi connectivity index (χ4v) is 1.85. The van der Waals surface area contributed by atoms with Crippen molar-refractivity contribution in [1.29, 1.82) is 0 Å². The van der Waals surface area contributed by atoms with E-state index in [0.717, 1.165) is 11.1 Å². The third-order valence-corrected chi connectivity index (χ3v) is 3.25. The van der Waals surface area contributed by atoms with E-state index >= 15 is 0 Å². The van der Waals surface area contributed by atoms with Crippen molar-refractivity contribution in [3.63, 3.8) is 0 Å². The number of hydrogen-bond acceptors (Lipinski definition) is 3. The van der Waals surface area contributed by atoms with Gasteiger partial charge in [-0.15, -0.1) is 0 Å². The summed E-state index contributed by atoms with van der Waals surface area (Å²) >= 11 is 0. The normalized spacial score (nSPS) is 13.2. The zero-order valence-corrected chi connectivity index (χ0v) is 12.0. The van der Waals surface area contributed by atoms with Crippen molar-refractivity contribution in [2.24, 2.45) is 5.92 Å². The monoisotopic (exact) mass is 293 g/mol. The number of amides is 1. The fraction of sp³-hybridized carbons (Fsp3) is 0.400. The summed E-state index contributed by atoms with van der Waals surface area (Å²) in [5.74, 6) is -3.22. The minimum atomic E-state index is -1.09. The first kappa shape index (κ1) is 16.7. The van der Waals surface area contributed by atoms with Crippen molar-refractivity contribution < 1.29 is 24.6 Å². The lowest BCUT2D eigenvalue weighted by Gasteiger charge is -2.13. The largest absolute Gasteiger partial charge is 0.481 e. The summed E-state index contributed by atoms with van der Waals surface area (Å²) in [6.45, 7) is 2.92. The van der Waals surface area contributed by atoms with Gasteiger partial charge in [0.05, 0.1) is 11.8 Å². The van der Waals surface area contributed by atoms with Crippen LogP contribution >= 0.6 is 0 Å². The molecule has 1 amide bonds. The van der Waals surface area contributed by atoms with Gasteiger partial charge in [-0.3, -0.25) is 14.4 Å². The molecule has 21 heavy (non-hydrogen) atoms. The van der Waals surface area contributed by atoms with Crippen LogP contribution in [-0.4, -0.2) is 34.6 Å². The third-order valence-electron chi connectivity index (χ3n) is 3.25. The number of benzene rings is 1. The maximum absolute atomic E-state index is 11.7. The van der Waals surface area contributed by atoms with Gasteiger partial charge in [-0.25, -0.2) is 0 Å². The minimum absolute atomic E-state index is 0.357. The number of carbonyl (C=O) groups is 3. The number of carboxylic acids is 2. The van der Waals surface area contributed by atoms with Gasteiger partial charge in [-0.2, -0.15) is 0 Å². The minimum Gasteiger partial charge on any atom is -0.481 e. The van der Waals surface area contributed by atoms with Crippen molar-refractivity contribution in [3.05, 3.63) is 35.4 Å². The Labute approximate surface area is 122 Å². The van der Waals surface area contributed by atoms with Crippen LogP contribution in [0.2, 0.25) is 0 Å². The number of rotatable bonds is 7. The molecule has 3 N–H and O–H groups in total. The van der Waals surface area contributed by atoms with Crippen LogP contribution in [-0.2, 0) is 20.8 Å². The number of aliphatic carboxylic acids is 2. The van der Waals surface area contributed by atoms with E-state index in [2.05, 4.69) is 5.32 Å². The summed E-state index contributed by atoms with van der Waals surface area (Å²) in [5.41, 5.74) is 1.64. The number of carbonyl (C=O) groups excluding carboxylic acids is 1. The van der Waals surface area contributed by atoms with E-state index in [1.165, 1.54) is 0 Å². The predicted octanol–water partition coefficient (Wildman–Crippen LogP) is 1.25. The van der Waals surface area contributed by atoms with Gasteiger partial charge in [-0.05, 0) is 24.5 Å². The highest BCUT2D eigenvalue weighted by atomic mass is 16.4. The fourth-order valence-electron chi connectivity index (χ4n) is 1.85. The predicted molar refractivity (Wildman–Crippen MR) is 76.0 cm³/mol. The highest BCUT2D eigenvalue weighted by Gasteiger charge is 2.16. The molecule has 1 aromatic carbocycles. The molecule has 0 bridgehead atoms. The lowest BCUT2D eigenvalue weighted by molar-refractivity contribution is -0.141. The molecule has 6 nitrogen and oxygen atoms in total. The summed E-state index contributed by atoms with van der Waals surface area (Å²) in [6, 6.07) is 7.09. The van der Waals surface area contributed by atoms with Crippen molar-refractivity contribution in [2.75, 3.05) is 6.54 Å². The van der Waals surface area contributed by atoms with E-state index in [1.807, 2.05) is 0 Å². The lowest BCUT2D eigenvalue weighted by atomic mass is 9.96. The Morgan fingerprint density at radius 2 is 1.67 bits per heavy atom. The molecule has 114 valence electrons. The van der Waals surface area contributed by atoms with E-state index in [4.69, 9.17) is 10.2 Å². The number of carboxylic acid groups (broad SMARTS) is 2. The molecule has 2 atom stereocenters. The van der Waals surface area contributed by atoms with Gasteiger partial charge >= 0.3 is 11.9 Å². The Hall–Kier alpha value is -2.37. The van der Waals surface area contributed by atoms with Crippen LogP contribution in [0.4, 0.5) is 0 Å². The molecule has 0 radical (unpaired) electrons. The van der Waals surface area contributed by atoms with Crippen molar-refractivity contribution in [1.82, 2.24) is 5.32 Å². The molecule has 0 aromatic heterocycles. The second kappa shape index (κ2) is 7.42. The van der Waals surface area contributed by atoms with Crippen LogP contribution in [0.1, 0.15) is 30.9 Å². The van der Waals surface area contributed by atoms with Crippen molar-refractivity contribution in [3.8, 4) is 0 Å². The summed E-state index contributed by atoms with van der Waals surface area (Å²) in [6.07, 6.45) is 0.426. The van der Waals surface area contributed by atoms with E-state index in [-0.39, 0.29) is 5.91 Å². The molecule has 6 heteroatoms. The standard InChI is InChI=1S/C15H19NO5/c1-9(15(20)21)7-11-3-5-12(6-4-11)10(2)14(19)16-8-13(17)18/h3-6,9-10H,7-8H2,1-2H3,(H,16,19)(H,17,18)(H,20,21)/t9?,10-/m1/s1. The third kappa shape index (κ3) is 5.25. The lowest BCUT2D eigenvalue weighted by Crippen LogP contribution is -2.32. The van der Waals surface area contributed by atoms with Crippen LogP contribution in [0.5, 0.6) is 0 Å². The highest BCUT2D eigenvalue weighted by Crippen LogP contribution is 2.17. The maximum Gasteiger partial charge on any atom is 0.322 e. The second-order valence-electron chi connectivity index (χ2n) is 5.02. The summed E-state index contributed by atoms with van der Waals surface area (Å²) in [5, 5.41) is 19.7. The Morgan fingerprint density at radius 3 is 2.14 bits per heavy atom. The molecular formula is C15H19NO5. The zero-order chi connectivity index (χ0) is 16.0. The molecular weight excluding hydrogens is 274 g/mol. The number of hydrogen-bond donors (Lipinski definition) is 3. The Bertz CT molecular complexity index is 523. The first-order valence-corrected chi connectivity index (χ1v) is 6.62. The van der Waals surface area contributed by atoms with Gasteiger partial charge in [0.2, 0.25) is 5.91 Å². The second-order valence-corrected chi connectivity index (χ2v) is 5.02. The van der Waals surface area contributed by atoms with E-state index < -0.39 is 30.3 Å². The highest BCUT2D eigenvalue weighted by molar-refractivity contribution is 5.86. The van der Waals surface area contributed by atoms with Gasteiger partial charge in [-0.1, -0.05) is 31.2 Å². The smallest absolute Gasteiger partial charge is 0.322 e. The van der Waals surface area contributed by atoms with Crippen LogP contribution in [0.15, 0.2) is 24.3 Å². The molecule has 0 spiro atoms. The maximum atomic E-state index is 11.7. The topological polar surface area (TPSA) is 104 Å². The molecule has 0 saturated heterocycles. The molecule has 0 fully saturated rings. The first-order valence-electron chi connectivity index (χ1n) is 6.62. The first-order chi connectivity index (χ1) is 9.81. The summed E-state index contributed by atoms with van der Waals surface area (Å²) < 4.78 is 0. The average Bonchev–Trinajstić information content (AvgIpc) is 2.44. The Morgan fingerprint density at radius 1 is 1.10 bits per heavy atom. The van der Waals surface area contributed by atoms with Gasteiger partial charge in [0, 0.05) is 0 Å². The van der Waals surface area contributed by atoms with E-state index in [0.29, 0.717) is 6.42 Å². The van der Waals surface area contributed by atoms with Gasteiger partial charge in [0.15, 0.2) is 0 Å². The van der Waals surface area contributed by atoms with Gasteiger partial charge in [0.1, 0.15) is 6.54 Å². The number of nitrogens with one attached hydrogen (secondary N) is 1. The van der Waals surface area contributed by atoms with E-state index in [9.17, 15) is 14.4 Å². The Kier molecular flexibility index (Phi) is 5.90. The van der Waals surface area contributed by atoms with Crippen molar-refractivity contribution in [2.45, 2.75) is 26.2 Å². The van der Waals surface area contributed by atoms with Crippen LogP contribution in [0.3, 0.4) is 0 Å². The quantitative estimate of drug-likeness (QED) is 0.702. The molecule has 0 saturated carbocycles. The van der Waals surface area contributed by atoms with Crippen LogP contribution in [0.25, 0.3) is 0 Å². The molecule has 1 unspecified atom stereocenters. The molecule has 0 aliphatic heterocycles. The summed E-state index contributed by atoms with van der Waals surface area (Å²) in [4.78, 5) is 32.9. The molecule has 0 aliphatic carbocycles. The average molecular weight is 293 g/mol. The zero-order valence-electron chi connectivity index (χ0n) is 12.0. The van der Waals surface area contributed by atoms with Gasteiger partial charge in [0.25, 0.3) is 0 Å². The van der Waals surface area contributed by atoms with E-state index in [1.54, 1.807) is 38.1 Å². The molecule has 0 heterocycles. The van der Waals surface area contributed by atoms with Gasteiger partial charge < -0.3 is 15.5 Å². The van der Waals surface area contributed by atoms with Crippen LogP contribution < -0.4 is 5.32 Å². The van der Waals surface area contributed by atoms with Crippen LogP contribution in [0, 0.1) is 5.92 Å². The SMILES string of the molecule is CC(Cc1ccc([C@@H](C)C(=O)NCC(=O)O)cc1)C(=O)O. The molecule has 1 aromatic rings. The molecule has 0 aliphatic rings. The molecule has 1 rings (SSSR count).